The summed E-state index contributed by atoms with van der Waals surface area (Å²) in [6.45, 7) is 0.728. The molecule has 0 saturated heterocycles. The summed E-state index contributed by atoms with van der Waals surface area (Å²) in [5.41, 5.74) is 2.16. The average Bonchev–Trinajstić information content (AvgIpc) is 2.64. The molecule has 0 aliphatic heterocycles. The van der Waals surface area contributed by atoms with Crippen molar-refractivity contribution >= 4 is 33.3 Å². The maximum atomic E-state index is 10.7. The predicted octanol–water partition coefficient (Wildman–Crippen LogP) is 6.06. The highest BCUT2D eigenvalue weighted by molar-refractivity contribution is 9.09. The van der Waals surface area contributed by atoms with Gasteiger partial charge >= 0.3 is 5.97 Å². The number of unbranched alkanes of at least 4 members (excludes halogenated alkanes) is 3. The molecule has 0 unspecified atom stereocenters. The number of azo groups is 1. The Morgan fingerprint density at radius 2 is 1.46 bits per heavy atom. The van der Waals surface area contributed by atoms with Gasteiger partial charge in [-0.25, -0.2) is 0 Å². The number of ether oxygens (including phenoxy) is 1. The van der Waals surface area contributed by atoms with E-state index < -0.39 is 5.97 Å². The van der Waals surface area contributed by atoms with E-state index >= 15 is 0 Å². The molecular weight excluding hydrogens is 396 g/mol. The van der Waals surface area contributed by atoms with Crippen LogP contribution in [0.3, 0.4) is 0 Å². The van der Waals surface area contributed by atoms with Crippen LogP contribution in [-0.4, -0.2) is 23.0 Å². The van der Waals surface area contributed by atoms with E-state index in [1.807, 2.05) is 24.3 Å². The van der Waals surface area contributed by atoms with Crippen molar-refractivity contribution in [3.8, 4) is 5.75 Å². The quantitative estimate of drug-likeness (QED) is 0.273. The molecule has 0 atom stereocenters. The van der Waals surface area contributed by atoms with E-state index in [1.165, 1.54) is 19.3 Å². The zero-order chi connectivity index (χ0) is 18.6. The first-order chi connectivity index (χ1) is 12.7. The number of carboxylic acids is 1. The van der Waals surface area contributed by atoms with Crippen molar-refractivity contribution < 1.29 is 14.6 Å². The third kappa shape index (κ3) is 7.78. The van der Waals surface area contributed by atoms with Gasteiger partial charge in [0.05, 0.1) is 24.4 Å². The highest BCUT2D eigenvalue weighted by Crippen LogP contribution is 2.22. The molecule has 1 N–H and O–H groups in total. The lowest BCUT2D eigenvalue weighted by Crippen LogP contribution is -1.98. The van der Waals surface area contributed by atoms with Crippen molar-refractivity contribution in [3.63, 3.8) is 0 Å². The van der Waals surface area contributed by atoms with Crippen molar-refractivity contribution in [2.45, 2.75) is 32.1 Å². The third-order valence-corrected chi connectivity index (χ3v) is 4.27. The number of alkyl halides is 1. The minimum absolute atomic E-state index is 0.00932. The second-order valence-electron chi connectivity index (χ2n) is 5.88. The zero-order valence-corrected chi connectivity index (χ0v) is 16.2. The maximum absolute atomic E-state index is 10.7. The summed E-state index contributed by atoms with van der Waals surface area (Å²) in [5.74, 6) is -0.0110. The van der Waals surface area contributed by atoms with Gasteiger partial charge in [-0.3, -0.25) is 4.79 Å². The van der Waals surface area contributed by atoms with Crippen molar-refractivity contribution in [2.75, 3.05) is 11.9 Å². The van der Waals surface area contributed by atoms with Gasteiger partial charge < -0.3 is 9.84 Å². The van der Waals surface area contributed by atoms with Crippen molar-refractivity contribution in [1.82, 2.24) is 0 Å². The van der Waals surface area contributed by atoms with E-state index in [9.17, 15) is 4.79 Å². The molecule has 0 spiro atoms. The highest BCUT2D eigenvalue weighted by atomic mass is 79.9. The molecule has 138 valence electrons. The van der Waals surface area contributed by atoms with Crippen LogP contribution in [0.4, 0.5) is 11.4 Å². The molecule has 2 aromatic rings. The number of rotatable bonds is 11. The largest absolute Gasteiger partial charge is 0.494 e. The molecule has 0 saturated carbocycles. The van der Waals surface area contributed by atoms with Crippen LogP contribution in [0, 0.1) is 0 Å². The lowest BCUT2D eigenvalue weighted by molar-refractivity contribution is -0.136. The van der Waals surface area contributed by atoms with Gasteiger partial charge in [-0.05, 0) is 54.8 Å². The smallest absolute Gasteiger partial charge is 0.307 e. The van der Waals surface area contributed by atoms with E-state index in [0.717, 1.165) is 35.4 Å². The summed E-state index contributed by atoms with van der Waals surface area (Å²) < 4.78 is 5.72. The first-order valence-corrected chi connectivity index (χ1v) is 9.81. The van der Waals surface area contributed by atoms with Crippen molar-refractivity contribution in [2.24, 2.45) is 10.2 Å². The number of carbonyl (C=O) groups is 1. The van der Waals surface area contributed by atoms with Crippen LogP contribution in [0.15, 0.2) is 58.8 Å². The standard InChI is InChI=1S/C20H23BrN2O3/c21-13-3-1-2-4-14-26-19-11-9-18(10-12-19)23-22-17-7-5-16(6-8-17)15-20(24)25/h5-12H,1-4,13-15H2,(H,24,25). The fraction of sp³-hybridized carbons (Fsp3) is 0.350. The lowest BCUT2D eigenvalue weighted by Gasteiger charge is -2.05. The molecule has 2 rings (SSSR count). The normalized spacial score (nSPS) is 11.0. The van der Waals surface area contributed by atoms with Gasteiger partial charge in [-0.1, -0.05) is 40.9 Å². The molecule has 26 heavy (non-hydrogen) atoms. The van der Waals surface area contributed by atoms with Gasteiger partial charge in [-0.2, -0.15) is 10.2 Å². The fourth-order valence-corrected chi connectivity index (χ4v) is 2.72. The molecular formula is C20H23BrN2O3. The van der Waals surface area contributed by atoms with E-state index in [4.69, 9.17) is 9.84 Å². The number of benzene rings is 2. The number of halogens is 1. The molecule has 6 heteroatoms. The van der Waals surface area contributed by atoms with Crippen LogP contribution in [-0.2, 0) is 11.2 Å². The van der Waals surface area contributed by atoms with Crippen LogP contribution < -0.4 is 4.74 Å². The molecule has 5 nitrogen and oxygen atoms in total. The van der Waals surface area contributed by atoms with Crippen LogP contribution in [0.5, 0.6) is 5.75 Å². The molecule has 0 aliphatic rings. The Hall–Kier alpha value is -2.21. The Morgan fingerprint density at radius 3 is 2.04 bits per heavy atom. The second kappa shape index (κ2) is 11.4. The number of hydrogen-bond acceptors (Lipinski definition) is 4. The van der Waals surface area contributed by atoms with Gasteiger partial charge in [0.25, 0.3) is 0 Å². The first-order valence-electron chi connectivity index (χ1n) is 8.68. The summed E-state index contributed by atoms with van der Waals surface area (Å²) in [5, 5.41) is 18.2. The molecule has 0 aliphatic carbocycles. The molecule has 0 amide bonds. The average molecular weight is 419 g/mol. The SMILES string of the molecule is O=C(O)Cc1ccc(N=Nc2ccc(OCCCCCCBr)cc2)cc1. The maximum Gasteiger partial charge on any atom is 0.307 e. The van der Waals surface area contributed by atoms with Crippen LogP contribution in [0.1, 0.15) is 31.2 Å². The van der Waals surface area contributed by atoms with Gasteiger partial charge in [0.1, 0.15) is 5.75 Å². The van der Waals surface area contributed by atoms with Crippen LogP contribution in [0.2, 0.25) is 0 Å². The third-order valence-electron chi connectivity index (χ3n) is 3.71. The topological polar surface area (TPSA) is 71.2 Å². The van der Waals surface area contributed by atoms with E-state index in [1.54, 1.807) is 24.3 Å². The zero-order valence-electron chi connectivity index (χ0n) is 14.6. The van der Waals surface area contributed by atoms with Crippen LogP contribution in [0.25, 0.3) is 0 Å². The molecule has 0 bridgehead atoms. The van der Waals surface area contributed by atoms with Crippen LogP contribution >= 0.6 is 15.9 Å². The summed E-state index contributed by atoms with van der Waals surface area (Å²) in [6.07, 6.45) is 4.69. The first kappa shape index (κ1) is 20.1. The van der Waals surface area contributed by atoms with Crippen molar-refractivity contribution in [1.29, 1.82) is 0 Å². The second-order valence-corrected chi connectivity index (χ2v) is 6.68. The van der Waals surface area contributed by atoms with Gasteiger partial charge in [0.2, 0.25) is 0 Å². The Labute approximate surface area is 162 Å². The van der Waals surface area contributed by atoms with Gasteiger partial charge in [0, 0.05) is 5.33 Å². The highest BCUT2D eigenvalue weighted by Gasteiger charge is 2.00. The summed E-state index contributed by atoms with van der Waals surface area (Å²) in [6, 6.07) is 14.5. The van der Waals surface area contributed by atoms with Gasteiger partial charge in [0.15, 0.2) is 0 Å². The monoisotopic (exact) mass is 418 g/mol. The predicted molar refractivity (Wildman–Crippen MR) is 106 cm³/mol. The molecule has 0 fully saturated rings. The Bertz CT molecular complexity index is 700. The van der Waals surface area contributed by atoms with E-state index in [0.29, 0.717) is 5.69 Å². The minimum atomic E-state index is -0.847. The van der Waals surface area contributed by atoms with E-state index in [-0.39, 0.29) is 6.42 Å². The fourth-order valence-electron chi connectivity index (χ4n) is 2.32. The minimum Gasteiger partial charge on any atom is -0.494 e. The Morgan fingerprint density at radius 1 is 0.885 bits per heavy atom. The number of carboxylic acid groups (broad SMARTS) is 1. The summed E-state index contributed by atoms with van der Waals surface area (Å²) in [4.78, 5) is 10.7. The molecule has 0 heterocycles. The summed E-state index contributed by atoms with van der Waals surface area (Å²) >= 11 is 3.43. The molecule has 2 aromatic carbocycles. The van der Waals surface area contributed by atoms with Crippen molar-refractivity contribution in [3.05, 3.63) is 54.1 Å². The van der Waals surface area contributed by atoms with Gasteiger partial charge in [-0.15, -0.1) is 0 Å². The molecule has 0 aromatic heterocycles. The Balaban J connectivity index is 1.79. The number of nitrogens with zero attached hydrogens (tertiary/aromatic N) is 2. The summed E-state index contributed by atoms with van der Waals surface area (Å²) in [7, 11) is 0. The van der Waals surface area contributed by atoms with E-state index in [2.05, 4.69) is 26.2 Å². The Kier molecular flexibility index (Phi) is 8.83. The number of hydrogen-bond donors (Lipinski definition) is 1. The number of aliphatic carboxylic acids is 1. The lowest BCUT2D eigenvalue weighted by atomic mass is 10.1. The molecule has 0 radical (unpaired) electrons.